The highest BCUT2D eigenvalue weighted by atomic mass is 16.6. The van der Waals surface area contributed by atoms with E-state index in [9.17, 15) is 24.5 Å². The van der Waals surface area contributed by atoms with E-state index in [0.29, 0.717) is 21.8 Å². The average molecular weight is 397 g/mol. The maximum Gasteiger partial charge on any atom is 0.329 e. The van der Waals surface area contributed by atoms with Crippen LogP contribution in [0.4, 0.5) is 10.5 Å². The fourth-order valence-electron chi connectivity index (χ4n) is 2.66. The number of nitro groups is 1. The minimum atomic E-state index is -1.31. The van der Waals surface area contributed by atoms with Gasteiger partial charge in [0.2, 0.25) is 0 Å². The lowest BCUT2D eigenvalue weighted by atomic mass is 10.1. The number of benzene rings is 2. The molecule has 1 aliphatic rings. The van der Waals surface area contributed by atoms with Crippen LogP contribution in [0.15, 0.2) is 54.2 Å². The van der Waals surface area contributed by atoms with Gasteiger partial charge in [0.15, 0.2) is 0 Å². The summed E-state index contributed by atoms with van der Waals surface area (Å²) >= 11 is 0. The monoisotopic (exact) mass is 397 g/mol. The average Bonchev–Trinajstić information content (AvgIpc) is 2.94. The molecule has 0 saturated carbocycles. The maximum atomic E-state index is 12.3. The highest BCUT2D eigenvalue weighted by Gasteiger charge is 2.35. The van der Waals surface area contributed by atoms with Crippen LogP contribution in [0.5, 0.6) is 5.75 Å². The molecule has 2 aromatic rings. The molecule has 3 amide bonds. The smallest absolute Gasteiger partial charge is 0.329 e. The van der Waals surface area contributed by atoms with Gasteiger partial charge >= 0.3 is 12.0 Å². The number of ether oxygens (including phenoxy) is 1. The first-order valence-corrected chi connectivity index (χ1v) is 8.36. The van der Waals surface area contributed by atoms with Gasteiger partial charge in [0.05, 0.1) is 4.92 Å². The summed E-state index contributed by atoms with van der Waals surface area (Å²) in [7, 11) is 0. The lowest BCUT2D eigenvalue weighted by molar-refractivity contribution is -0.384. The number of aliphatic carboxylic acids is 1. The van der Waals surface area contributed by atoms with Crippen LogP contribution in [-0.4, -0.2) is 39.4 Å². The third-order valence-corrected chi connectivity index (χ3v) is 3.99. The van der Waals surface area contributed by atoms with Gasteiger partial charge in [-0.3, -0.25) is 19.7 Å². The van der Waals surface area contributed by atoms with Crippen LogP contribution in [0.3, 0.4) is 0 Å². The molecule has 0 spiro atoms. The van der Waals surface area contributed by atoms with Crippen molar-refractivity contribution in [3.05, 3.63) is 75.5 Å². The van der Waals surface area contributed by atoms with E-state index in [-0.39, 0.29) is 18.0 Å². The Kier molecular flexibility index (Phi) is 5.54. The number of nitrogens with one attached hydrogen (secondary N) is 1. The van der Waals surface area contributed by atoms with Crippen molar-refractivity contribution in [2.75, 3.05) is 6.54 Å². The molecule has 1 fully saturated rings. The van der Waals surface area contributed by atoms with Crippen LogP contribution in [0.1, 0.15) is 11.1 Å². The highest BCUT2D eigenvalue weighted by Crippen LogP contribution is 2.24. The number of carbonyl (C=O) groups excluding carboxylic acids is 2. The summed E-state index contributed by atoms with van der Waals surface area (Å²) in [6.45, 7) is -0.694. The number of carboxylic acid groups (broad SMARTS) is 1. The van der Waals surface area contributed by atoms with Gasteiger partial charge < -0.3 is 15.2 Å². The van der Waals surface area contributed by atoms with Gasteiger partial charge in [-0.1, -0.05) is 30.3 Å². The Morgan fingerprint density at radius 2 is 1.97 bits per heavy atom. The molecule has 10 nitrogen and oxygen atoms in total. The number of nitro benzene ring substituents is 1. The Hall–Kier alpha value is -4.21. The van der Waals surface area contributed by atoms with E-state index >= 15 is 0 Å². The molecule has 0 atom stereocenters. The molecule has 1 saturated heterocycles. The fourth-order valence-corrected chi connectivity index (χ4v) is 2.66. The van der Waals surface area contributed by atoms with Crippen molar-refractivity contribution in [1.29, 1.82) is 0 Å². The summed E-state index contributed by atoms with van der Waals surface area (Å²) in [5, 5.41) is 22.0. The Morgan fingerprint density at radius 3 is 2.69 bits per heavy atom. The fraction of sp³-hybridized carbons (Fsp3) is 0.105. The number of nitrogens with zero attached hydrogens (tertiary/aromatic N) is 2. The lowest BCUT2D eigenvalue weighted by Crippen LogP contribution is -2.35. The minimum absolute atomic E-state index is 0.0489. The molecular weight excluding hydrogens is 382 g/mol. The summed E-state index contributed by atoms with van der Waals surface area (Å²) in [6, 6.07) is 11.9. The second-order valence-electron chi connectivity index (χ2n) is 6.03. The van der Waals surface area contributed by atoms with E-state index in [1.165, 1.54) is 18.2 Å². The van der Waals surface area contributed by atoms with Gasteiger partial charge in [0.25, 0.3) is 11.6 Å². The molecule has 148 valence electrons. The molecule has 0 bridgehead atoms. The first-order chi connectivity index (χ1) is 13.8. The van der Waals surface area contributed by atoms with Crippen LogP contribution in [0, 0.1) is 10.1 Å². The second kappa shape index (κ2) is 8.21. The number of imide groups is 1. The molecule has 0 aromatic heterocycles. The van der Waals surface area contributed by atoms with Gasteiger partial charge in [-0.25, -0.2) is 9.69 Å². The maximum absolute atomic E-state index is 12.3. The van der Waals surface area contributed by atoms with Gasteiger partial charge in [0, 0.05) is 17.7 Å². The van der Waals surface area contributed by atoms with Crippen LogP contribution < -0.4 is 10.1 Å². The number of rotatable bonds is 7. The third-order valence-electron chi connectivity index (χ3n) is 3.99. The van der Waals surface area contributed by atoms with Gasteiger partial charge in [-0.05, 0) is 17.7 Å². The molecular formula is C19H15N3O7. The summed E-state index contributed by atoms with van der Waals surface area (Å²) < 4.78 is 5.72. The van der Waals surface area contributed by atoms with E-state index in [1.807, 2.05) is 0 Å². The number of urea groups is 1. The number of amides is 3. The molecule has 3 rings (SSSR count). The van der Waals surface area contributed by atoms with Crippen molar-refractivity contribution in [2.24, 2.45) is 0 Å². The van der Waals surface area contributed by atoms with Crippen LogP contribution in [0.25, 0.3) is 6.08 Å². The zero-order valence-electron chi connectivity index (χ0n) is 14.9. The Balaban J connectivity index is 1.79. The van der Waals surface area contributed by atoms with E-state index in [4.69, 9.17) is 9.84 Å². The largest absolute Gasteiger partial charge is 0.488 e. The van der Waals surface area contributed by atoms with Crippen molar-refractivity contribution in [1.82, 2.24) is 10.2 Å². The first kappa shape index (κ1) is 19.5. The number of carbonyl (C=O) groups is 3. The van der Waals surface area contributed by atoms with Crippen LogP contribution >= 0.6 is 0 Å². The standard InChI is InChI=1S/C19H15N3O7/c23-17(24)10-21-18(25)15(20-19(21)26)9-13-5-1-2-7-16(13)29-11-12-4-3-6-14(8-12)22(27)28/h1-9H,10-11H2,(H,20,26)(H,23,24)/b15-9+. The number of carboxylic acids is 1. The highest BCUT2D eigenvalue weighted by molar-refractivity contribution is 6.15. The van der Waals surface area contributed by atoms with Crippen molar-refractivity contribution in [3.63, 3.8) is 0 Å². The van der Waals surface area contributed by atoms with Gasteiger partial charge in [0.1, 0.15) is 24.6 Å². The Bertz CT molecular complexity index is 1030. The zero-order chi connectivity index (χ0) is 21.0. The Morgan fingerprint density at radius 1 is 1.21 bits per heavy atom. The molecule has 2 N–H and O–H groups in total. The summed E-state index contributed by atoms with van der Waals surface area (Å²) in [5.74, 6) is -1.69. The van der Waals surface area contributed by atoms with Crippen molar-refractivity contribution in [2.45, 2.75) is 6.61 Å². The third kappa shape index (κ3) is 4.56. The minimum Gasteiger partial charge on any atom is -0.488 e. The zero-order valence-corrected chi connectivity index (χ0v) is 14.9. The summed E-state index contributed by atoms with van der Waals surface area (Å²) in [5.41, 5.74) is 0.917. The first-order valence-electron chi connectivity index (χ1n) is 8.36. The molecule has 29 heavy (non-hydrogen) atoms. The van der Waals surface area contributed by atoms with Gasteiger partial charge in [-0.2, -0.15) is 0 Å². The van der Waals surface area contributed by atoms with E-state index < -0.39 is 29.4 Å². The number of hydrogen-bond acceptors (Lipinski definition) is 6. The van der Waals surface area contributed by atoms with E-state index in [2.05, 4.69) is 5.32 Å². The van der Waals surface area contributed by atoms with Crippen LogP contribution in [0.2, 0.25) is 0 Å². The SMILES string of the molecule is O=C(O)CN1C(=O)N/C(=C/c2ccccc2OCc2cccc([N+](=O)[O-])c2)C1=O. The Labute approximate surface area is 164 Å². The second-order valence-corrected chi connectivity index (χ2v) is 6.03. The predicted octanol–water partition coefficient (Wildman–Crippen LogP) is 2.15. The molecule has 0 unspecified atom stereocenters. The lowest BCUT2D eigenvalue weighted by Gasteiger charge is -2.10. The predicted molar refractivity (Wildman–Crippen MR) is 99.7 cm³/mol. The number of hydrogen-bond donors (Lipinski definition) is 2. The normalized spacial score (nSPS) is 14.8. The molecule has 1 heterocycles. The molecule has 10 heteroatoms. The van der Waals surface area contributed by atoms with Crippen molar-refractivity contribution < 1.29 is 29.2 Å². The quantitative estimate of drug-likeness (QED) is 0.316. The molecule has 0 aliphatic carbocycles. The number of para-hydroxylation sites is 1. The molecule has 0 radical (unpaired) electrons. The van der Waals surface area contributed by atoms with E-state index in [1.54, 1.807) is 36.4 Å². The summed E-state index contributed by atoms with van der Waals surface area (Å²) in [4.78, 5) is 45.8. The topological polar surface area (TPSA) is 139 Å². The van der Waals surface area contributed by atoms with Crippen LogP contribution in [-0.2, 0) is 16.2 Å². The van der Waals surface area contributed by atoms with Gasteiger partial charge in [-0.15, -0.1) is 0 Å². The summed E-state index contributed by atoms with van der Waals surface area (Å²) in [6.07, 6.45) is 1.38. The molecule has 1 aliphatic heterocycles. The van der Waals surface area contributed by atoms with Crippen molar-refractivity contribution in [3.8, 4) is 5.75 Å². The molecule has 2 aromatic carbocycles. The van der Waals surface area contributed by atoms with E-state index in [0.717, 1.165) is 0 Å². The van der Waals surface area contributed by atoms with Crippen molar-refractivity contribution >= 4 is 29.7 Å². The number of non-ortho nitro benzene ring substituents is 1.